The van der Waals surface area contributed by atoms with Crippen LogP contribution in [0, 0.1) is 0 Å². The Morgan fingerprint density at radius 1 is 1.50 bits per heavy atom. The van der Waals surface area contributed by atoms with Gasteiger partial charge in [0.1, 0.15) is 0 Å². The molecule has 1 fully saturated rings. The van der Waals surface area contributed by atoms with Gasteiger partial charge < -0.3 is 0 Å². The number of rotatable bonds is 4. The fourth-order valence-corrected chi connectivity index (χ4v) is 3.97. The second-order valence-electron chi connectivity index (χ2n) is 4.48. The molecule has 1 rings (SSSR count). The first-order chi connectivity index (χ1) is 7.41. The second-order valence-corrected chi connectivity index (χ2v) is 6.73. The maximum absolute atomic E-state index is 12.3. The van der Waals surface area contributed by atoms with E-state index in [0.29, 0.717) is 12.4 Å². The van der Waals surface area contributed by atoms with Gasteiger partial charge in [0.15, 0.2) is 0 Å². The molecular formula is C10H21ClN2O2S. The van der Waals surface area contributed by atoms with Crippen LogP contribution in [0.25, 0.3) is 0 Å². The molecule has 0 saturated carbocycles. The van der Waals surface area contributed by atoms with Gasteiger partial charge in [-0.2, -0.15) is 17.0 Å². The Morgan fingerprint density at radius 3 is 2.62 bits per heavy atom. The standard InChI is InChI=1S/C10H21ClN2O2S/c1-9-6-4-5-7-13(9)16(14,15)12(3)10(2)8-11/h9-10H,4-8H2,1-3H3. The largest absolute Gasteiger partial charge is 0.282 e. The average Bonchev–Trinajstić information content (AvgIpc) is 2.27. The Labute approximate surface area is 104 Å². The van der Waals surface area contributed by atoms with E-state index in [-0.39, 0.29) is 12.1 Å². The maximum Gasteiger partial charge on any atom is 0.282 e. The lowest BCUT2D eigenvalue weighted by atomic mass is 10.1. The van der Waals surface area contributed by atoms with E-state index in [1.165, 1.54) is 4.31 Å². The number of halogens is 1. The van der Waals surface area contributed by atoms with Crippen molar-refractivity contribution in [3.8, 4) is 0 Å². The Kier molecular flexibility index (Phi) is 5.04. The van der Waals surface area contributed by atoms with Crippen LogP contribution in [-0.2, 0) is 10.2 Å². The van der Waals surface area contributed by atoms with E-state index >= 15 is 0 Å². The summed E-state index contributed by atoms with van der Waals surface area (Å²) in [4.78, 5) is 0. The molecular weight excluding hydrogens is 248 g/mol. The van der Waals surface area contributed by atoms with Crippen LogP contribution in [0.2, 0.25) is 0 Å². The van der Waals surface area contributed by atoms with Gasteiger partial charge in [-0.05, 0) is 26.7 Å². The van der Waals surface area contributed by atoms with Crippen molar-refractivity contribution in [3.05, 3.63) is 0 Å². The Balaban J connectivity index is 2.83. The topological polar surface area (TPSA) is 40.6 Å². The SMILES string of the molecule is CC(CCl)N(C)S(=O)(=O)N1CCCCC1C. The van der Waals surface area contributed by atoms with Crippen LogP contribution in [0.15, 0.2) is 0 Å². The predicted octanol–water partition coefficient (Wildman–Crippen LogP) is 1.66. The third kappa shape index (κ3) is 2.88. The minimum absolute atomic E-state index is 0.101. The van der Waals surface area contributed by atoms with E-state index in [9.17, 15) is 8.42 Å². The smallest absolute Gasteiger partial charge is 0.195 e. The summed E-state index contributed by atoms with van der Waals surface area (Å²) in [6.45, 7) is 4.41. The molecule has 1 heterocycles. The van der Waals surface area contributed by atoms with Crippen LogP contribution in [0.3, 0.4) is 0 Å². The van der Waals surface area contributed by atoms with Crippen molar-refractivity contribution in [2.24, 2.45) is 0 Å². The molecule has 2 unspecified atom stereocenters. The highest BCUT2D eigenvalue weighted by Crippen LogP contribution is 2.22. The molecule has 1 aliphatic rings. The first-order valence-electron chi connectivity index (χ1n) is 5.72. The molecule has 0 aromatic rings. The molecule has 0 bridgehead atoms. The number of hydrogen-bond donors (Lipinski definition) is 0. The van der Waals surface area contributed by atoms with E-state index in [0.717, 1.165) is 19.3 Å². The van der Waals surface area contributed by atoms with Crippen molar-refractivity contribution in [2.45, 2.75) is 45.2 Å². The maximum atomic E-state index is 12.3. The summed E-state index contributed by atoms with van der Waals surface area (Å²) in [5.41, 5.74) is 0. The zero-order valence-corrected chi connectivity index (χ0v) is 11.8. The van der Waals surface area contributed by atoms with E-state index in [1.54, 1.807) is 11.4 Å². The quantitative estimate of drug-likeness (QED) is 0.728. The molecule has 2 atom stereocenters. The summed E-state index contributed by atoms with van der Waals surface area (Å²) in [5.74, 6) is 0.317. The van der Waals surface area contributed by atoms with E-state index in [4.69, 9.17) is 11.6 Å². The normalized spacial score (nSPS) is 25.9. The Bertz CT molecular complexity index is 321. The Morgan fingerprint density at radius 2 is 2.12 bits per heavy atom. The number of piperidine rings is 1. The summed E-state index contributed by atoms with van der Waals surface area (Å²) < 4.78 is 27.6. The fraction of sp³-hybridized carbons (Fsp3) is 1.00. The van der Waals surface area contributed by atoms with Gasteiger partial charge in [0, 0.05) is 31.6 Å². The Hall–Kier alpha value is 0.160. The lowest BCUT2D eigenvalue weighted by molar-refractivity contribution is 0.244. The lowest BCUT2D eigenvalue weighted by Crippen LogP contribution is -2.51. The van der Waals surface area contributed by atoms with E-state index in [2.05, 4.69) is 0 Å². The molecule has 1 aliphatic heterocycles. The molecule has 0 radical (unpaired) electrons. The molecule has 0 N–H and O–H groups in total. The molecule has 6 heteroatoms. The van der Waals surface area contributed by atoms with Crippen molar-refractivity contribution in [1.29, 1.82) is 0 Å². The van der Waals surface area contributed by atoms with Crippen molar-refractivity contribution in [1.82, 2.24) is 8.61 Å². The molecule has 0 aliphatic carbocycles. The number of hydrogen-bond acceptors (Lipinski definition) is 2. The zero-order chi connectivity index (χ0) is 12.3. The third-order valence-corrected chi connectivity index (χ3v) is 5.92. The van der Waals surface area contributed by atoms with Gasteiger partial charge in [-0.1, -0.05) is 6.42 Å². The molecule has 0 amide bonds. The van der Waals surface area contributed by atoms with Gasteiger partial charge >= 0.3 is 0 Å². The van der Waals surface area contributed by atoms with Gasteiger partial charge in [-0.15, -0.1) is 11.6 Å². The van der Waals surface area contributed by atoms with Gasteiger partial charge in [-0.3, -0.25) is 0 Å². The summed E-state index contributed by atoms with van der Waals surface area (Å²) in [7, 11) is -1.74. The molecule has 0 aromatic carbocycles. The van der Waals surface area contributed by atoms with Crippen molar-refractivity contribution < 1.29 is 8.42 Å². The van der Waals surface area contributed by atoms with Gasteiger partial charge in [0.25, 0.3) is 10.2 Å². The molecule has 96 valence electrons. The summed E-state index contributed by atoms with van der Waals surface area (Å²) in [6.07, 6.45) is 3.01. The van der Waals surface area contributed by atoms with Crippen LogP contribution in [0.1, 0.15) is 33.1 Å². The van der Waals surface area contributed by atoms with Gasteiger partial charge in [0.05, 0.1) is 0 Å². The molecule has 4 nitrogen and oxygen atoms in total. The van der Waals surface area contributed by atoms with Gasteiger partial charge in [0.2, 0.25) is 0 Å². The molecule has 0 spiro atoms. The summed E-state index contributed by atoms with van der Waals surface area (Å²) in [6, 6.07) is -0.0653. The van der Waals surface area contributed by atoms with Crippen LogP contribution in [-0.4, -0.2) is 48.6 Å². The van der Waals surface area contributed by atoms with Crippen LogP contribution in [0.4, 0.5) is 0 Å². The van der Waals surface area contributed by atoms with Crippen LogP contribution in [0.5, 0.6) is 0 Å². The first-order valence-corrected chi connectivity index (χ1v) is 7.65. The number of alkyl halides is 1. The van der Waals surface area contributed by atoms with Gasteiger partial charge in [-0.25, -0.2) is 0 Å². The monoisotopic (exact) mass is 268 g/mol. The average molecular weight is 269 g/mol. The highest BCUT2D eigenvalue weighted by molar-refractivity contribution is 7.86. The number of nitrogens with zero attached hydrogens (tertiary/aromatic N) is 2. The minimum Gasteiger partial charge on any atom is -0.195 e. The molecule has 1 saturated heterocycles. The summed E-state index contributed by atoms with van der Waals surface area (Å²) in [5, 5.41) is 0. The fourth-order valence-electron chi connectivity index (χ4n) is 1.90. The second kappa shape index (κ2) is 5.67. The highest BCUT2D eigenvalue weighted by atomic mass is 35.5. The third-order valence-electron chi connectivity index (χ3n) is 3.25. The van der Waals surface area contributed by atoms with Crippen molar-refractivity contribution in [2.75, 3.05) is 19.5 Å². The zero-order valence-electron chi connectivity index (χ0n) is 10.2. The molecule has 16 heavy (non-hydrogen) atoms. The van der Waals surface area contributed by atoms with Crippen LogP contribution < -0.4 is 0 Å². The van der Waals surface area contributed by atoms with E-state index in [1.807, 2.05) is 13.8 Å². The molecule has 0 aromatic heterocycles. The van der Waals surface area contributed by atoms with Crippen molar-refractivity contribution in [3.63, 3.8) is 0 Å². The minimum atomic E-state index is -3.34. The van der Waals surface area contributed by atoms with Crippen molar-refractivity contribution >= 4 is 21.8 Å². The van der Waals surface area contributed by atoms with E-state index < -0.39 is 10.2 Å². The predicted molar refractivity (Wildman–Crippen MR) is 66.9 cm³/mol. The summed E-state index contributed by atoms with van der Waals surface area (Å²) >= 11 is 5.70. The first kappa shape index (κ1) is 14.2. The highest BCUT2D eigenvalue weighted by Gasteiger charge is 2.34. The lowest BCUT2D eigenvalue weighted by Gasteiger charge is -2.36. The van der Waals surface area contributed by atoms with Crippen LogP contribution >= 0.6 is 11.6 Å².